The average molecular weight is 318 g/mol. The number of nitrogens with one attached hydrogen (secondary N) is 2. The SMILES string of the molecule is COc1ccc(Nc2ccc(C(=O)NCC(=O)O)cc2)cc1F. The van der Waals surface area contributed by atoms with E-state index in [-0.39, 0.29) is 5.75 Å². The number of carboxylic acid groups (broad SMARTS) is 1. The second-order valence-corrected chi connectivity index (χ2v) is 4.63. The summed E-state index contributed by atoms with van der Waals surface area (Å²) >= 11 is 0. The zero-order valence-electron chi connectivity index (χ0n) is 12.3. The zero-order valence-corrected chi connectivity index (χ0v) is 12.3. The Morgan fingerprint density at radius 1 is 1.13 bits per heavy atom. The van der Waals surface area contributed by atoms with Gasteiger partial charge < -0.3 is 20.5 Å². The lowest BCUT2D eigenvalue weighted by atomic mass is 10.2. The van der Waals surface area contributed by atoms with Crippen molar-refractivity contribution in [1.82, 2.24) is 5.32 Å². The van der Waals surface area contributed by atoms with Gasteiger partial charge in [-0.25, -0.2) is 4.39 Å². The van der Waals surface area contributed by atoms with Crippen LogP contribution in [-0.4, -0.2) is 30.6 Å². The van der Waals surface area contributed by atoms with Crippen molar-refractivity contribution in [1.29, 1.82) is 0 Å². The lowest BCUT2D eigenvalue weighted by Gasteiger charge is -2.09. The van der Waals surface area contributed by atoms with Crippen molar-refractivity contribution in [3.05, 3.63) is 53.8 Å². The quantitative estimate of drug-likeness (QED) is 0.761. The number of carboxylic acids is 1. The van der Waals surface area contributed by atoms with Crippen LogP contribution in [0.5, 0.6) is 5.75 Å². The molecule has 0 aliphatic heterocycles. The summed E-state index contributed by atoms with van der Waals surface area (Å²) in [6.07, 6.45) is 0. The van der Waals surface area contributed by atoms with Gasteiger partial charge in [0.2, 0.25) is 0 Å². The van der Waals surface area contributed by atoms with Gasteiger partial charge >= 0.3 is 5.97 Å². The van der Waals surface area contributed by atoms with E-state index in [2.05, 4.69) is 10.6 Å². The van der Waals surface area contributed by atoms with Gasteiger partial charge in [-0.1, -0.05) is 0 Å². The van der Waals surface area contributed by atoms with Crippen molar-refractivity contribution in [3.8, 4) is 5.75 Å². The van der Waals surface area contributed by atoms with Gasteiger partial charge in [-0.05, 0) is 36.4 Å². The van der Waals surface area contributed by atoms with Crippen LogP contribution in [0.15, 0.2) is 42.5 Å². The molecular weight excluding hydrogens is 303 g/mol. The van der Waals surface area contributed by atoms with Crippen LogP contribution in [0.4, 0.5) is 15.8 Å². The van der Waals surface area contributed by atoms with Crippen LogP contribution < -0.4 is 15.4 Å². The number of amides is 1. The summed E-state index contributed by atoms with van der Waals surface area (Å²) in [5.41, 5.74) is 1.52. The number of rotatable bonds is 6. The van der Waals surface area contributed by atoms with Crippen LogP contribution in [0.25, 0.3) is 0 Å². The monoisotopic (exact) mass is 318 g/mol. The summed E-state index contributed by atoms with van der Waals surface area (Å²) in [6, 6.07) is 10.8. The van der Waals surface area contributed by atoms with Crippen molar-refractivity contribution >= 4 is 23.3 Å². The van der Waals surface area contributed by atoms with Gasteiger partial charge in [0, 0.05) is 23.0 Å². The highest BCUT2D eigenvalue weighted by Crippen LogP contribution is 2.23. The predicted octanol–water partition coefficient (Wildman–Crippen LogP) is 2.39. The van der Waals surface area contributed by atoms with E-state index in [9.17, 15) is 14.0 Å². The van der Waals surface area contributed by atoms with E-state index in [0.29, 0.717) is 16.9 Å². The lowest BCUT2D eigenvalue weighted by molar-refractivity contribution is -0.135. The predicted molar refractivity (Wildman–Crippen MR) is 82.6 cm³/mol. The Balaban J connectivity index is 2.03. The number of benzene rings is 2. The third-order valence-corrected chi connectivity index (χ3v) is 2.99. The van der Waals surface area contributed by atoms with E-state index in [1.807, 2.05) is 0 Å². The number of methoxy groups -OCH3 is 1. The Labute approximate surface area is 131 Å². The molecule has 0 bridgehead atoms. The first kappa shape index (κ1) is 16.3. The molecule has 2 aromatic rings. The number of hydrogen-bond donors (Lipinski definition) is 3. The molecule has 1 amide bonds. The Morgan fingerprint density at radius 3 is 2.35 bits per heavy atom. The standard InChI is InChI=1S/C16H15FN2O4/c1-23-14-7-6-12(8-13(14)17)19-11-4-2-10(3-5-11)16(22)18-9-15(20)21/h2-8,19H,9H2,1H3,(H,18,22)(H,20,21). The molecule has 0 spiro atoms. The van der Waals surface area contributed by atoms with Gasteiger partial charge in [-0.2, -0.15) is 0 Å². The molecule has 0 atom stereocenters. The summed E-state index contributed by atoms with van der Waals surface area (Å²) < 4.78 is 18.5. The number of aliphatic carboxylic acids is 1. The minimum absolute atomic E-state index is 0.154. The summed E-state index contributed by atoms with van der Waals surface area (Å²) in [4.78, 5) is 22.1. The molecular formula is C16H15FN2O4. The number of halogens is 1. The minimum Gasteiger partial charge on any atom is -0.494 e. The maximum Gasteiger partial charge on any atom is 0.322 e. The normalized spacial score (nSPS) is 10.0. The fourth-order valence-electron chi connectivity index (χ4n) is 1.87. The van der Waals surface area contributed by atoms with Gasteiger partial charge in [0.05, 0.1) is 7.11 Å². The number of carbonyl (C=O) groups is 2. The largest absolute Gasteiger partial charge is 0.494 e. The lowest BCUT2D eigenvalue weighted by Crippen LogP contribution is -2.29. The number of ether oxygens (including phenoxy) is 1. The van der Waals surface area contributed by atoms with Crippen LogP contribution in [0.3, 0.4) is 0 Å². The molecule has 120 valence electrons. The van der Waals surface area contributed by atoms with Gasteiger partial charge in [-0.3, -0.25) is 9.59 Å². The van der Waals surface area contributed by atoms with Crippen LogP contribution >= 0.6 is 0 Å². The van der Waals surface area contributed by atoms with Gasteiger partial charge in [0.25, 0.3) is 5.91 Å². The van der Waals surface area contributed by atoms with Crippen LogP contribution in [0, 0.1) is 5.82 Å². The van der Waals surface area contributed by atoms with Crippen LogP contribution in [0.1, 0.15) is 10.4 Å². The fourth-order valence-corrected chi connectivity index (χ4v) is 1.87. The van der Waals surface area contributed by atoms with E-state index in [1.165, 1.54) is 19.2 Å². The molecule has 0 saturated carbocycles. The zero-order chi connectivity index (χ0) is 16.8. The molecule has 0 aliphatic rings. The summed E-state index contributed by atoms with van der Waals surface area (Å²) in [6.45, 7) is -0.441. The van der Waals surface area contributed by atoms with Crippen molar-refractivity contribution in [2.24, 2.45) is 0 Å². The van der Waals surface area contributed by atoms with E-state index in [1.54, 1.807) is 30.3 Å². The Hall–Kier alpha value is -3.09. The van der Waals surface area contributed by atoms with Crippen molar-refractivity contribution in [3.63, 3.8) is 0 Å². The Kier molecular flexibility index (Phi) is 5.14. The second-order valence-electron chi connectivity index (χ2n) is 4.63. The maximum atomic E-state index is 13.6. The molecule has 0 unspecified atom stereocenters. The number of carbonyl (C=O) groups excluding carboxylic acids is 1. The van der Waals surface area contributed by atoms with Crippen molar-refractivity contribution < 1.29 is 23.8 Å². The fraction of sp³-hybridized carbons (Fsp3) is 0.125. The third kappa shape index (κ3) is 4.44. The molecule has 2 rings (SSSR count). The molecule has 0 aliphatic carbocycles. The van der Waals surface area contributed by atoms with Crippen molar-refractivity contribution in [2.45, 2.75) is 0 Å². The summed E-state index contributed by atoms with van der Waals surface area (Å²) in [5.74, 6) is -1.92. The molecule has 0 heterocycles. The molecule has 6 nitrogen and oxygen atoms in total. The Bertz CT molecular complexity index is 717. The molecule has 0 fully saturated rings. The molecule has 3 N–H and O–H groups in total. The molecule has 0 saturated heterocycles. The molecule has 0 aromatic heterocycles. The number of anilines is 2. The first-order chi connectivity index (χ1) is 11.0. The molecule has 2 aromatic carbocycles. The maximum absolute atomic E-state index is 13.6. The second kappa shape index (κ2) is 7.26. The van der Waals surface area contributed by atoms with Gasteiger partial charge in [0.1, 0.15) is 6.54 Å². The summed E-state index contributed by atoms with van der Waals surface area (Å²) in [7, 11) is 1.39. The van der Waals surface area contributed by atoms with E-state index >= 15 is 0 Å². The average Bonchev–Trinajstić information content (AvgIpc) is 2.53. The number of hydrogen-bond acceptors (Lipinski definition) is 4. The van der Waals surface area contributed by atoms with Crippen molar-refractivity contribution in [2.75, 3.05) is 19.0 Å². The third-order valence-electron chi connectivity index (χ3n) is 2.99. The van der Waals surface area contributed by atoms with Crippen LogP contribution in [0.2, 0.25) is 0 Å². The first-order valence-corrected chi connectivity index (χ1v) is 6.70. The van der Waals surface area contributed by atoms with E-state index in [4.69, 9.17) is 9.84 Å². The first-order valence-electron chi connectivity index (χ1n) is 6.70. The molecule has 7 heteroatoms. The summed E-state index contributed by atoms with van der Waals surface area (Å²) in [5, 5.41) is 13.8. The minimum atomic E-state index is -1.11. The topological polar surface area (TPSA) is 87.7 Å². The van der Waals surface area contributed by atoms with E-state index in [0.717, 1.165) is 0 Å². The Morgan fingerprint density at radius 2 is 1.78 bits per heavy atom. The smallest absolute Gasteiger partial charge is 0.322 e. The van der Waals surface area contributed by atoms with Crippen LogP contribution in [-0.2, 0) is 4.79 Å². The molecule has 23 heavy (non-hydrogen) atoms. The highest BCUT2D eigenvalue weighted by molar-refractivity contribution is 5.96. The highest BCUT2D eigenvalue weighted by atomic mass is 19.1. The highest BCUT2D eigenvalue weighted by Gasteiger charge is 2.07. The molecule has 0 radical (unpaired) electrons. The van der Waals surface area contributed by atoms with E-state index < -0.39 is 24.2 Å². The van der Waals surface area contributed by atoms with Gasteiger partial charge in [0.15, 0.2) is 11.6 Å². The van der Waals surface area contributed by atoms with Gasteiger partial charge in [-0.15, -0.1) is 0 Å².